The van der Waals surface area contributed by atoms with Crippen molar-refractivity contribution in [3.63, 3.8) is 0 Å². The Kier molecular flexibility index (Phi) is 3.25. The van der Waals surface area contributed by atoms with Crippen molar-refractivity contribution >= 4 is 61.2 Å². The Morgan fingerprint density at radius 3 is 2.16 bits per heavy atom. The monoisotopic (exact) mass is 356 g/mol. The zero-order valence-corrected chi connectivity index (χ0v) is 12.8. The summed E-state index contributed by atoms with van der Waals surface area (Å²) in [4.78, 5) is 9.11. The van der Waals surface area contributed by atoms with Gasteiger partial charge in [-0.3, -0.25) is 0 Å². The van der Waals surface area contributed by atoms with Gasteiger partial charge in [0.25, 0.3) is 0 Å². The molecule has 0 aliphatic rings. The average molecular weight is 358 g/mol. The number of aromatic nitrogens is 2. The lowest BCUT2D eigenvalue weighted by atomic mass is 10.2. The van der Waals surface area contributed by atoms with Crippen molar-refractivity contribution in [2.45, 2.75) is 0 Å². The summed E-state index contributed by atoms with van der Waals surface area (Å²) in [6.07, 6.45) is 0. The Balaban J connectivity index is 2.47. The van der Waals surface area contributed by atoms with Gasteiger partial charge in [0, 0.05) is 4.47 Å². The highest BCUT2D eigenvalue weighted by Crippen LogP contribution is 2.32. The molecular formula is C13H7BrCl2N2O. The van der Waals surface area contributed by atoms with Crippen LogP contribution in [0.1, 0.15) is 0 Å². The van der Waals surface area contributed by atoms with Crippen molar-refractivity contribution in [3.8, 4) is 5.75 Å². The molecule has 0 radical (unpaired) electrons. The Labute approximate surface area is 127 Å². The van der Waals surface area contributed by atoms with Crippen LogP contribution in [-0.4, -0.2) is 17.1 Å². The topological polar surface area (TPSA) is 35.0 Å². The van der Waals surface area contributed by atoms with Gasteiger partial charge in [0.2, 0.25) is 0 Å². The van der Waals surface area contributed by atoms with Gasteiger partial charge in [-0.15, -0.1) is 0 Å². The molecule has 3 rings (SSSR count). The predicted octanol–water partition coefficient (Wildman–Crippen LogP) is 4.86. The van der Waals surface area contributed by atoms with E-state index >= 15 is 0 Å². The molecule has 96 valence electrons. The molecule has 0 saturated carbocycles. The molecule has 3 aromatic rings. The zero-order chi connectivity index (χ0) is 13.6. The zero-order valence-electron chi connectivity index (χ0n) is 9.75. The Morgan fingerprint density at radius 2 is 1.58 bits per heavy atom. The molecule has 0 fully saturated rings. The number of benzene rings is 2. The molecule has 0 aliphatic carbocycles. The summed E-state index contributed by atoms with van der Waals surface area (Å²) in [5, 5.41) is 0.915. The van der Waals surface area contributed by atoms with Crippen LogP contribution in [0.2, 0.25) is 10.0 Å². The third-order valence-electron chi connectivity index (χ3n) is 2.77. The molecular weight excluding hydrogens is 351 g/mol. The van der Waals surface area contributed by atoms with Gasteiger partial charge in [0.1, 0.15) is 16.8 Å². The van der Waals surface area contributed by atoms with Crippen LogP contribution in [0.3, 0.4) is 0 Å². The van der Waals surface area contributed by atoms with Crippen molar-refractivity contribution < 1.29 is 4.74 Å². The summed E-state index contributed by atoms with van der Waals surface area (Å²) >= 11 is 15.5. The van der Waals surface area contributed by atoms with Gasteiger partial charge in [0.15, 0.2) is 0 Å². The largest absolute Gasteiger partial charge is 0.494 e. The maximum atomic E-state index is 6.00. The molecule has 0 amide bonds. The van der Waals surface area contributed by atoms with Gasteiger partial charge in [-0.1, -0.05) is 23.2 Å². The van der Waals surface area contributed by atoms with Gasteiger partial charge in [0.05, 0.1) is 28.2 Å². The first-order chi connectivity index (χ1) is 9.10. The van der Waals surface area contributed by atoms with Gasteiger partial charge < -0.3 is 4.74 Å². The Bertz CT molecular complexity index is 808. The maximum Gasteiger partial charge on any atom is 0.146 e. The molecule has 1 heterocycles. The summed E-state index contributed by atoms with van der Waals surface area (Å²) in [6.45, 7) is 0. The van der Waals surface area contributed by atoms with Crippen molar-refractivity contribution in [1.82, 2.24) is 9.97 Å². The number of nitrogens with zero attached hydrogens (tertiary/aromatic N) is 2. The number of hydrogen-bond donors (Lipinski definition) is 0. The van der Waals surface area contributed by atoms with E-state index in [0.717, 1.165) is 9.99 Å². The minimum absolute atomic E-state index is 0.455. The molecule has 2 aromatic carbocycles. The number of fused-ring (bicyclic) bond motifs is 2. The molecule has 0 bridgehead atoms. The molecule has 1 aromatic heterocycles. The van der Waals surface area contributed by atoms with Crippen molar-refractivity contribution in [3.05, 3.63) is 38.8 Å². The fraction of sp³-hybridized carbons (Fsp3) is 0.0769. The molecule has 0 spiro atoms. The Morgan fingerprint density at radius 1 is 1.00 bits per heavy atom. The third kappa shape index (κ3) is 2.14. The van der Waals surface area contributed by atoms with Crippen LogP contribution in [0, 0.1) is 0 Å². The minimum Gasteiger partial charge on any atom is -0.494 e. The lowest BCUT2D eigenvalue weighted by molar-refractivity contribution is 0.419. The summed E-state index contributed by atoms with van der Waals surface area (Å²) in [5.74, 6) is 0.665. The predicted molar refractivity (Wildman–Crippen MR) is 81.3 cm³/mol. The highest BCUT2D eigenvalue weighted by Gasteiger charge is 2.11. The highest BCUT2D eigenvalue weighted by atomic mass is 79.9. The fourth-order valence-electron chi connectivity index (χ4n) is 1.86. The summed E-state index contributed by atoms with van der Waals surface area (Å²) in [7, 11) is 1.60. The SMILES string of the molecule is COc1ccc(Br)c2nc3cc(Cl)c(Cl)cc3nc12. The first-order valence-corrected chi connectivity index (χ1v) is 6.94. The quantitative estimate of drug-likeness (QED) is 0.583. The van der Waals surface area contributed by atoms with Gasteiger partial charge in [-0.05, 0) is 40.2 Å². The maximum absolute atomic E-state index is 6.00. The standard InChI is InChI=1S/C13H7BrCl2N2O/c1-19-11-3-2-6(14)12-13(11)18-10-5-8(16)7(15)4-9(10)17-12/h2-5H,1H3. The van der Waals surface area contributed by atoms with Crippen LogP contribution in [0.25, 0.3) is 22.1 Å². The first kappa shape index (κ1) is 12.9. The molecule has 0 atom stereocenters. The second kappa shape index (κ2) is 4.78. The highest BCUT2D eigenvalue weighted by molar-refractivity contribution is 9.10. The fourth-order valence-corrected chi connectivity index (χ4v) is 2.59. The third-order valence-corrected chi connectivity index (χ3v) is 4.13. The number of ether oxygens (including phenoxy) is 1. The van der Waals surface area contributed by atoms with Gasteiger partial charge in [-0.25, -0.2) is 9.97 Å². The molecule has 3 nitrogen and oxygen atoms in total. The molecule has 19 heavy (non-hydrogen) atoms. The number of methoxy groups -OCH3 is 1. The van der Waals surface area contributed by atoms with E-state index in [4.69, 9.17) is 27.9 Å². The van der Waals surface area contributed by atoms with Crippen LogP contribution in [0.4, 0.5) is 0 Å². The van der Waals surface area contributed by atoms with E-state index in [0.29, 0.717) is 32.3 Å². The van der Waals surface area contributed by atoms with Crippen molar-refractivity contribution in [1.29, 1.82) is 0 Å². The van der Waals surface area contributed by atoms with E-state index < -0.39 is 0 Å². The number of hydrogen-bond acceptors (Lipinski definition) is 3. The Hall–Kier alpha value is -1.10. The molecule has 0 N–H and O–H groups in total. The molecule has 0 aliphatic heterocycles. The summed E-state index contributed by atoms with van der Waals surface area (Å²) in [6, 6.07) is 7.12. The average Bonchev–Trinajstić information content (AvgIpc) is 2.39. The molecule has 0 unspecified atom stereocenters. The van der Waals surface area contributed by atoms with E-state index in [1.54, 1.807) is 19.2 Å². The normalized spacial score (nSPS) is 11.2. The lowest BCUT2D eigenvalue weighted by Crippen LogP contribution is -1.93. The van der Waals surface area contributed by atoms with Gasteiger partial charge >= 0.3 is 0 Å². The second-order valence-corrected chi connectivity index (χ2v) is 5.59. The van der Waals surface area contributed by atoms with Crippen molar-refractivity contribution in [2.75, 3.05) is 7.11 Å². The van der Waals surface area contributed by atoms with Crippen LogP contribution in [-0.2, 0) is 0 Å². The van der Waals surface area contributed by atoms with Gasteiger partial charge in [-0.2, -0.15) is 0 Å². The second-order valence-electron chi connectivity index (χ2n) is 3.93. The van der Waals surface area contributed by atoms with E-state index in [-0.39, 0.29) is 0 Å². The first-order valence-electron chi connectivity index (χ1n) is 5.39. The number of rotatable bonds is 1. The van der Waals surface area contributed by atoms with Crippen molar-refractivity contribution in [2.24, 2.45) is 0 Å². The van der Waals surface area contributed by atoms with Crippen LogP contribution < -0.4 is 4.74 Å². The van der Waals surface area contributed by atoms with E-state index in [1.165, 1.54) is 0 Å². The van der Waals surface area contributed by atoms with E-state index in [1.807, 2.05) is 12.1 Å². The smallest absolute Gasteiger partial charge is 0.146 e. The van der Waals surface area contributed by atoms with E-state index in [2.05, 4.69) is 25.9 Å². The molecule has 0 saturated heterocycles. The minimum atomic E-state index is 0.455. The van der Waals surface area contributed by atoms with Crippen LogP contribution >= 0.6 is 39.1 Å². The van der Waals surface area contributed by atoms with E-state index in [9.17, 15) is 0 Å². The molecule has 6 heteroatoms. The summed E-state index contributed by atoms with van der Waals surface area (Å²) < 4.78 is 6.15. The lowest BCUT2D eigenvalue weighted by Gasteiger charge is -2.08. The summed E-state index contributed by atoms with van der Waals surface area (Å²) in [5.41, 5.74) is 2.78. The number of halogens is 3. The van der Waals surface area contributed by atoms with Crippen LogP contribution in [0.15, 0.2) is 28.7 Å². The van der Waals surface area contributed by atoms with Crippen LogP contribution in [0.5, 0.6) is 5.75 Å².